The Morgan fingerprint density at radius 3 is 1.92 bits per heavy atom. The van der Waals surface area contributed by atoms with E-state index in [4.69, 9.17) is 24.4 Å². The van der Waals surface area contributed by atoms with E-state index in [9.17, 15) is 0 Å². The van der Waals surface area contributed by atoms with Crippen LogP contribution in [0, 0.1) is 0 Å². The maximum absolute atomic E-state index is 5.59. The predicted molar refractivity (Wildman–Crippen MR) is 117 cm³/mol. The van der Waals surface area contributed by atoms with Gasteiger partial charge in [-0.2, -0.15) is 0 Å². The Hall–Kier alpha value is -0.620. The van der Waals surface area contributed by atoms with E-state index in [0.29, 0.717) is 6.04 Å². The zero-order valence-corrected chi connectivity index (χ0v) is 18.1. The number of hydrogen-bond acceptors (Lipinski definition) is 2. The maximum atomic E-state index is 5.59. The fourth-order valence-corrected chi connectivity index (χ4v) is 3.79. The first-order valence-corrected chi connectivity index (χ1v) is 11.0. The Morgan fingerprint density at radius 1 is 0.840 bits per heavy atom. The summed E-state index contributed by atoms with van der Waals surface area (Å²) >= 11 is 11.2. The van der Waals surface area contributed by atoms with E-state index in [1.807, 2.05) is 0 Å². The molecule has 25 heavy (non-hydrogen) atoms. The van der Waals surface area contributed by atoms with Gasteiger partial charge in [-0.3, -0.25) is 0 Å². The zero-order chi connectivity index (χ0) is 18.5. The van der Waals surface area contributed by atoms with Crippen molar-refractivity contribution < 1.29 is 0 Å². The number of piperazine rings is 1. The van der Waals surface area contributed by atoms with Crippen LogP contribution in [0.25, 0.3) is 0 Å². The first-order chi connectivity index (χ1) is 12.1. The van der Waals surface area contributed by atoms with Gasteiger partial charge in [-0.05, 0) is 44.2 Å². The minimum atomic E-state index is 0.393. The number of nitrogens with zero attached hydrogens (tertiary/aromatic N) is 2. The lowest BCUT2D eigenvalue weighted by molar-refractivity contribution is 0.193. The Bertz CT molecular complexity index is 390. The highest BCUT2D eigenvalue weighted by Crippen LogP contribution is 2.10. The van der Waals surface area contributed by atoms with Crippen molar-refractivity contribution in [1.82, 2.24) is 20.4 Å². The highest BCUT2D eigenvalue weighted by atomic mass is 32.1. The second-order valence-electron chi connectivity index (χ2n) is 7.07. The van der Waals surface area contributed by atoms with Crippen LogP contribution < -0.4 is 10.6 Å². The minimum absolute atomic E-state index is 0.393. The Labute approximate surface area is 166 Å². The van der Waals surface area contributed by atoms with Crippen LogP contribution in [-0.2, 0) is 0 Å². The van der Waals surface area contributed by atoms with Gasteiger partial charge in [0.2, 0.25) is 0 Å². The molecule has 1 aliphatic heterocycles. The number of nitrogens with one attached hydrogen (secondary N) is 2. The van der Waals surface area contributed by atoms with Crippen molar-refractivity contribution in [2.45, 2.75) is 78.2 Å². The molecule has 1 atom stereocenters. The van der Waals surface area contributed by atoms with Gasteiger partial charge >= 0.3 is 0 Å². The monoisotopic (exact) mass is 386 g/mol. The number of unbranched alkanes of at least 4 members (excludes halogenated alkanes) is 6. The standard InChI is InChI=1S/C19H38N4S2/c1-4-6-8-10-12-20-18(24)22-14-15-23(17(3)16-22)19(25)21-13-11-9-7-5-2/h17H,4-16H2,1-3H3,(H,20,24)(H,21,25). The highest BCUT2D eigenvalue weighted by molar-refractivity contribution is 7.80. The largest absolute Gasteiger partial charge is 0.363 e. The first kappa shape index (κ1) is 22.4. The molecular formula is C19H38N4S2. The van der Waals surface area contributed by atoms with Gasteiger partial charge in [0.05, 0.1) is 0 Å². The van der Waals surface area contributed by atoms with Crippen LogP contribution >= 0.6 is 24.4 Å². The molecule has 0 amide bonds. The van der Waals surface area contributed by atoms with Crippen LogP contribution in [0.3, 0.4) is 0 Å². The van der Waals surface area contributed by atoms with Crippen molar-refractivity contribution in [1.29, 1.82) is 0 Å². The Kier molecular flexibility index (Phi) is 12.2. The molecule has 1 aliphatic rings. The predicted octanol–water partition coefficient (Wildman–Crippen LogP) is 3.90. The quantitative estimate of drug-likeness (QED) is 0.437. The van der Waals surface area contributed by atoms with E-state index in [1.165, 1.54) is 51.4 Å². The van der Waals surface area contributed by atoms with Gasteiger partial charge in [0.1, 0.15) is 0 Å². The van der Waals surface area contributed by atoms with E-state index < -0.39 is 0 Å². The molecule has 0 bridgehead atoms. The number of rotatable bonds is 10. The van der Waals surface area contributed by atoms with Gasteiger partial charge in [0.15, 0.2) is 10.2 Å². The third-order valence-corrected chi connectivity index (χ3v) is 5.57. The van der Waals surface area contributed by atoms with E-state index in [2.05, 4.69) is 41.2 Å². The Morgan fingerprint density at radius 2 is 1.40 bits per heavy atom. The van der Waals surface area contributed by atoms with Crippen molar-refractivity contribution in [2.75, 3.05) is 32.7 Å². The smallest absolute Gasteiger partial charge is 0.169 e. The lowest BCUT2D eigenvalue weighted by atomic mass is 10.2. The van der Waals surface area contributed by atoms with Crippen LogP contribution in [0.4, 0.5) is 0 Å². The SMILES string of the molecule is CCCCCCNC(=S)N1CCN(C(=S)NCCCCCC)C(C)C1. The van der Waals surface area contributed by atoms with Crippen molar-refractivity contribution in [3.05, 3.63) is 0 Å². The van der Waals surface area contributed by atoms with Crippen LogP contribution in [-0.4, -0.2) is 58.8 Å². The molecule has 2 N–H and O–H groups in total. The molecule has 146 valence electrons. The summed E-state index contributed by atoms with van der Waals surface area (Å²) in [5.74, 6) is 0. The van der Waals surface area contributed by atoms with Crippen molar-refractivity contribution in [3.8, 4) is 0 Å². The van der Waals surface area contributed by atoms with E-state index in [1.54, 1.807) is 0 Å². The molecule has 1 rings (SSSR count). The molecule has 6 heteroatoms. The molecule has 1 saturated heterocycles. The zero-order valence-electron chi connectivity index (χ0n) is 16.5. The molecule has 0 saturated carbocycles. The van der Waals surface area contributed by atoms with Gasteiger partial charge in [-0.25, -0.2) is 0 Å². The van der Waals surface area contributed by atoms with Crippen molar-refractivity contribution in [3.63, 3.8) is 0 Å². The number of thiocarbonyl (C=S) groups is 2. The third-order valence-electron chi connectivity index (χ3n) is 4.79. The normalized spacial score (nSPS) is 17.5. The molecule has 0 aromatic rings. The van der Waals surface area contributed by atoms with Crippen LogP contribution in [0.1, 0.15) is 72.1 Å². The number of hydrogen-bond donors (Lipinski definition) is 2. The van der Waals surface area contributed by atoms with Crippen LogP contribution in [0.2, 0.25) is 0 Å². The molecule has 1 heterocycles. The summed E-state index contributed by atoms with van der Waals surface area (Å²) in [6, 6.07) is 0.393. The van der Waals surface area contributed by atoms with Gasteiger partial charge < -0.3 is 20.4 Å². The summed E-state index contributed by atoms with van der Waals surface area (Å²) in [5.41, 5.74) is 0. The van der Waals surface area contributed by atoms with E-state index in [0.717, 1.165) is 42.9 Å². The highest BCUT2D eigenvalue weighted by Gasteiger charge is 2.26. The fraction of sp³-hybridized carbons (Fsp3) is 0.895. The molecule has 1 fully saturated rings. The van der Waals surface area contributed by atoms with Crippen molar-refractivity contribution in [2.24, 2.45) is 0 Å². The Balaban J connectivity index is 2.23. The summed E-state index contributed by atoms with van der Waals surface area (Å²) in [6.45, 7) is 11.5. The summed E-state index contributed by atoms with van der Waals surface area (Å²) in [6.07, 6.45) is 10.2. The van der Waals surface area contributed by atoms with Gasteiger partial charge in [0, 0.05) is 38.8 Å². The first-order valence-electron chi connectivity index (χ1n) is 10.2. The fourth-order valence-electron chi connectivity index (χ4n) is 3.15. The van der Waals surface area contributed by atoms with Gasteiger partial charge in [-0.1, -0.05) is 52.4 Å². The van der Waals surface area contributed by atoms with Crippen LogP contribution in [0.15, 0.2) is 0 Å². The minimum Gasteiger partial charge on any atom is -0.363 e. The molecule has 1 unspecified atom stereocenters. The topological polar surface area (TPSA) is 30.5 Å². The van der Waals surface area contributed by atoms with Gasteiger partial charge in [-0.15, -0.1) is 0 Å². The summed E-state index contributed by atoms with van der Waals surface area (Å²) in [5, 5.41) is 8.66. The molecule has 0 aliphatic carbocycles. The lowest BCUT2D eigenvalue weighted by Gasteiger charge is -2.42. The average Bonchev–Trinajstić information content (AvgIpc) is 2.60. The van der Waals surface area contributed by atoms with E-state index >= 15 is 0 Å². The average molecular weight is 387 g/mol. The summed E-state index contributed by atoms with van der Waals surface area (Å²) in [4.78, 5) is 4.61. The molecular weight excluding hydrogens is 348 g/mol. The third kappa shape index (κ3) is 9.04. The summed E-state index contributed by atoms with van der Waals surface area (Å²) < 4.78 is 0. The van der Waals surface area contributed by atoms with Crippen molar-refractivity contribution >= 4 is 34.7 Å². The second-order valence-corrected chi connectivity index (χ2v) is 7.85. The molecule has 0 aromatic heterocycles. The van der Waals surface area contributed by atoms with E-state index in [-0.39, 0.29) is 0 Å². The molecule has 4 nitrogen and oxygen atoms in total. The molecule has 0 spiro atoms. The summed E-state index contributed by atoms with van der Waals surface area (Å²) in [7, 11) is 0. The van der Waals surface area contributed by atoms with Gasteiger partial charge in [0.25, 0.3) is 0 Å². The molecule has 0 radical (unpaired) electrons. The maximum Gasteiger partial charge on any atom is 0.169 e. The lowest BCUT2D eigenvalue weighted by Crippen LogP contribution is -2.59. The van der Waals surface area contributed by atoms with Crippen LogP contribution in [0.5, 0.6) is 0 Å². The second kappa shape index (κ2) is 13.6. The molecule has 0 aromatic carbocycles.